The van der Waals surface area contributed by atoms with Crippen molar-refractivity contribution in [3.05, 3.63) is 76.6 Å². The number of fused-ring (bicyclic) bond motifs is 4. The van der Waals surface area contributed by atoms with Gasteiger partial charge in [-0.25, -0.2) is 14.8 Å². The number of aromatic nitrogens is 2. The summed E-state index contributed by atoms with van der Waals surface area (Å²) in [6.07, 6.45) is -0.550. The van der Waals surface area contributed by atoms with Crippen LogP contribution in [0.4, 0.5) is 23.7 Å². The molecule has 9 heteroatoms. The van der Waals surface area contributed by atoms with E-state index >= 15 is 0 Å². The molecule has 2 aliphatic heterocycles. The van der Waals surface area contributed by atoms with Gasteiger partial charge in [0.15, 0.2) is 5.82 Å². The molecule has 3 heterocycles. The quantitative estimate of drug-likeness (QED) is 0.504. The van der Waals surface area contributed by atoms with Crippen LogP contribution in [-0.4, -0.2) is 26.9 Å². The van der Waals surface area contributed by atoms with Gasteiger partial charge in [0.05, 0.1) is 22.3 Å². The van der Waals surface area contributed by atoms with E-state index in [0.29, 0.717) is 12.2 Å². The molecule has 2 unspecified atom stereocenters. The maximum atomic E-state index is 13.0. The molecule has 0 aliphatic carbocycles. The van der Waals surface area contributed by atoms with Crippen LogP contribution >= 0.6 is 11.6 Å². The van der Waals surface area contributed by atoms with Crippen LogP contribution in [0.3, 0.4) is 0 Å². The summed E-state index contributed by atoms with van der Waals surface area (Å²) < 4.78 is 38.8. The summed E-state index contributed by atoms with van der Waals surface area (Å²) in [5.74, 6) is 0.654. The van der Waals surface area contributed by atoms with Crippen LogP contribution in [-0.2, 0) is 12.6 Å². The van der Waals surface area contributed by atoms with E-state index in [0.717, 1.165) is 41.8 Å². The van der Waals surface area contributed by atoms with Crippen LogP contribution < -0.4 is 5.32 Å². The van der Waals surface area contributed by atoms with Gasteiger partial charge in [-0.05, 0) is 31.0 Å². The molecule has 0 saturated carbocycles. The number of hydrogen-bond donors (Lipinski definition) is 1. The summed E-state index contributed by atoms with van der Waals surface area (Å²) in [6, 6.07) is 12.3. The van der Waals surface area contributed by atoms with Gasteiger partial charge in [-0.1, -0.05) is 41.9 Å². The van der Waals surface area contributed by atoms with Crippen molar-refractivity contribution in [2.75, 3.05) is 5.32 Å². The highest BCUT2D eigenvalue weighted by atomic mass is 35.5. The summed E-state index contributed by atoms with van der Waals surface area (Å²) in [6.45, 7) is 0. The molecule has 2 atom stereocenters. The number of carbonyl (C=O) groups excluding carboxylic acids is 1. The van der Waals surface area contributed by atoms with Crippen molar-refractivity contribution < 1.29 is 18.0 Å². The van der Waals surface area contributed by atoms with Crippen molar-refractivity contribution in [1.29, 1.82) is 0 Å². The lowest BCUT2D eigenvalue weighted by Gasteiger charge is -2.35. The normalized spacial score (nSPS) is 19.6. The summed E-state index contributed by atoms with van der Waals surface area (Å²) in [4.78, 5) is 24.0. The number of carbonyl (C=O) groups is 1. The Balaban J connectivity index is 1.38. The molecule has 2 aliphatic rings. The van der Waals surface area contributed by atoms with Gasteiger partial charge < -0.3 is 10.2 Å². The number of nitrogens with one attached hydrogen (secondary N) is 1. The van der Waals surface area contributed by atoms with Crippen molar-refractivity contribution in [3.63, 3.8) is 0 Å². The zero-order valence-corrected chi connectivity index (χ0v) is 17.5. The number of nitrogens with zero attached hydrogens (tertiary/aromatic N) is 3. The van der Waals surface area contributed by atoms with E-state index < -0.39 is 16.8 Å². The Labute approximate surface area is 187 Å². The van der Waals surface area contributed by atoms with Crippen LogP contribution in [0, 0.1) is 0 Å². The average molecular weight is 459 g/mol. The minimum Gasteiger partial charge on any atom is -0.314 e. The molecule has 1 N–H and O–H groups in total. The average Bonchev–Trinajstić information content (AvgIpc) is 3.08. The lowest BCUT2D eigenvalue weighted by Crippen LogP contribution is -2.44. The number of rotatable bonds is 2. The maximum absolute atomic E-state index is 13.0. The first-order valence-electron chi connectivity index (χ1n) is 10.2. The second-order valence-corrected chi connectivity index (χ2v) is 8.35. The molecule has 0 spiro atoms. The highest BCUT2D eigenvalue weighted by molar-refractivity contribution is 6.31. The van der Waals surface area contributed by atoms with Gasteiger partial charge in [0, 0.05) is 35.5 Å². The molecule has 164 valence electrons. The summed E-state index contributed by atoms with van der Waals surface area (Å²) in [5, 5.41) is 2.24. The molecule has 1 saturated heterocycles. The standard InChI is InChI=1S/C23H18ClF3N4O/c24-18-10-14(6-8-17(18)23(25,26)27)29-22(32)31-15-7-9-20(31)16-12-28-21(30-19(16)11-15)13-4-2-1-3-5-13/h1-6,8,10,12,15,20H,7,9,11H2,(H,29,32). The Morgan fingerprint density at radius 1 is 1.12 bits per heavy atom. The second kappa shape index (κ2) is 7.78. The zero-order valence-electron chi connectivity index (χ0n) is 16.7. The third kappa shape index (κ3) is 3.68. The van der Waals surface area contributed by atoms with E-state index in [9.17, 15) is 18.0 Å². The minimum atomic E-state index is -4.55. The number of alkyl halides is 3. The van der Waals surface area contributed by atoms with Gasteiger partial charge in [0.2, 0.25) is 0 Å². The molecule has 1 fully saturated rings. The molecule has 2 amide bonds. The highest BCUT2D eigenvalue weighted by Gasteiger charge is 2.43. The van der Waals surface area contributed by atoms with Gasteiger partial charge in [-0.15, -0.1) is 0 Å². The predicted molar refractivity (Wildman–Crippen MR) is 114 cm³/mol. The number of hydrogen-bond acceptors (Lipinski definition) is 3. The molecule has 2 aromatic carbocycles. The van der Waals surface area contributed by atoms with Crippen LogP contribution in [0.5, 0.6) is 0 Å². The Hall–Kier alpha value is -3.13. The van der Waals surface area contributed by atoms with E-state index in [1.165, 1.54) is 6.07 Å². The first-order chi connectivity index (χ1) is 15.3. The minimum absolute atomic E-state index is 0.0315. The van der Waals surface area contributed by atoms with Crippen molar-refractivity contribution in [3.8, 4) is 11.4 Å². The Bertz CT molecular complexity index is 1190. The molecule has 2 bridgehead atoms. The molecule has 5 rings (SSSR count). The van der Waals surface area contributed by atoms with Crippen molar-refractivity contribution in [2.24, 2.45) is 0 Å². The number of benzene rings is 2. The molecule has 32 heavy (non-hydrogen) atoms. The third-order valence-electron chi connectivity index (χ3n) is 5.98. The topological polar surface area (TPSA) is 58.1 Å². The lowest BCUT2D eigenvalue weighted by atomic mass is 9.99. The van der Waals surface area contributed by atoms with Crippen LogP contribution in [0.2, 0.25) is 5.02 Å². The Kier molecular flexibility index (Phi) is 5.04. The van der Waals surface area contributed by atoms with Gasteiger partial charge >= 0.3 is 12.2 Å². The van der Waals surface area contributed by atoms with Gasteiger partial charge in [0.25, 0.3) is 0 Å². The molecular formula is C23H18ClF3N4O. The fourth-order valence-electron chi connectivity index (χ4n) is 4.52. The smallest absolute Gasteiger partial charge is 0.314 e. The van der Waals surface area contributed by atoms with E-state index in [4.69, 9.17) is 16.6 Å². The van der Waals surface area contributed by atoms with E-state index in [1.807, 2.05) is 30.3 Å². The van der Waals surface area contributed by atoms with Gasteiger partial charge in [-0.2, -0.15) is 13.2 Å². The van der Waals surface area contributed by atoms with Crippen LogP contribution in [0.15, 0.2) is 54.7 Å². The Morgan fingerprint density at radius 3 is 2.62 bits per heavy atom. The number of amides is 2. The number of anilines is 1. The van der Waals surface area contributed by atoms with E-state index in [2.05, 4.69) is 10.3 Å². The first-order valence-corrected chi connectivity index (χ1v) is 10.6. The van der Waals surface area contributed by atoms with E-state index in [-0.39, 0.29) is 23.8 Å². The third-order valence-corrected chi connectivity index (χ3v) is 6.30. The van der Waals surface area contributed by atoms with Crippen LogP contribution in [0.25, 0.3) is 11.4 Å². The number of urea groups is 1. The summed E-state index contributed by atoms with van der Waals surface area (Å²) in [5.41, 5.74) is 2.07. The fraction of sp³-hybridized carbons (Fsp3) is 0.261. The SMILES string of the molecule is O=C(Nc1ccc(C(F)(F)F)c(Cl)c1)N1C2CCC1c1cnc(-c3ccccc3)nc1C2. The molecule has 0 radical (unpaired) electrons. The summed E-state index contributed by atoms with van der Waals surface area (Å²) >= 11 is 5.78. The monoisotopic (exact) mass is 458 g/mol. The molecule has 1 aromatic heterocycles. The highest BCUT2D eigenvalue weighted by Crippen LogP contribution is 2.44. The largest absolute Gasteiger partial charge is 0.417 e. The molecule has 5 nitrogen and oxygen atoms in total. The van der Waals surface area contributed by atoms with Gasteiger partial charge in [-0.3, -0.25) is 0 Å². The second-order valence-electron chi connectivity index (χ2n) is 7.94. The van der Waals surface area contributed by atoms with E-state index in [1.54, 1.807) is 11.1 Å². The van der Waals surface area contributed by atoms with Crippen LogP contribution in [0.1, 0.15) is 35.7 Å². The maximum Gasteiger partial charge on any atom is 0.417 e. The first kappa shape index (κ1) is 20.8. The Morgan fingerprint density at radius 2 is 1.91 bits per heavy atom. The molecular weight excluding hydrogens is 441 g/mol. The van der Waals surface area contributed by atoms with Crippen molar-refractivity contribution in [2.45, 2.75) is 37.5 Å². The number of halogens is 4. The predicted octanol–water partition coefficient (Wildman–Crippen LogP) is 6.11. The lowest BCUT2D eigenvalue weighted by molar-refractivity contribution is -0.137. The van der Waals surface area contributed by atoms with Crippen molar-refractivity contribution >= 4 is 23.3 Å². The van der Waals surface area contributed by atoms with Crippen molar-refractivity contribution in [1.82, 2.24) is 14.9 Å². The zero-order chi connectivity index (χ0) is 22.5. The van der Waals surface area contributed by atoms with Gasteiger partial charge in [0.1, 0.15) is 0 Å². The fourth-order valence-corrected chi connectivity index (χ4v) is 4.81. The summed E-state index contributed by atoms with van der Waals surface area (Å²) in [7, 11) is 0. The molecule has 3 aromatic rings.